The predicted molar refractivity (Wildman–Crippen MR) is 238 cm³/mol. The van der Waals surface area contributed by atoms with Crippen molar-refractivity contribution >= 4 is 19.8 Å². The van der Waals surface area contributed by atoms with Crippen molar-refractivity contribution < 1.29 is 37.6 Å². The molecule has 0 fully saturated rings. The van der Waals surface area contributed by atoms with Gasteiger partial charge in [0.2, 0.25) is 0 Å². The summed E-state index contributed by atoms with van der Waals surface area (Å²) in [5.74, 6) is -0.923. The van der Waals surface area contributed by atoms with Crippen LogP contribution in [0.2, 0.25) is 0 Å². The number of hydrogen-bond acceptors (Lipinski definition) is 8. The maximum Gasteiger partial charge on any atom is 0.472 e. The van der Waals surface area contributed by atoms with Crippen LogP contribution in [0.15, 0.2) is 85.1 Å². The summed E-state index contributed by atoms with van der Waals surface area (Å²) in [6.45, 7) is 4.14. The van der Waals surface area contributed by atoms with Crippen LogP contribution >= 0.6 is 7.82 Å². The van der Waals surface area contributed by atoms with Crippen molar-refractivity contribution in [3.05, 3.63) is 85.1 Å². The van der Waals surface area contributed by atoms with Gasteiger partial charge in [0, 0.05) is 19.4 Å². The van der Waals surface area contributed by atoms with Gasteiger partial charge in [-0.2, -0.15) is 0 Å². The molecular weight excluding hydrogens is 737 g/mol. The molecule has 2 unspecified atom stereocenters. The molecular formula is C47H80NO8P. The van der Waals surface area contributed by atoms with Gasteiger partial charge in [-0.15, -0.1) is 0 Å². The van der Waals surface area contributed by atoms with Crippen molar-refractivity contribution in [2.24, 2.45) is 0 Å². The fourth-order valence-electron chi connectivity index (χ4n) is 5.29. The minimum atomic E-state index is -4.39. The number of unbranched alkanes of at least 4 members (excludes halogenated alkanes) is 11. The normalized spacial score (nSPS) is 14.2. The average molecular weight is 818 g/mol. The first-order valence-corrected chi connectivity index (χ1v) is 23.4. The van der Waals surface area contributed by atoms with Gasteiger partial charge < -0.3 is 19.3 Å². The molecule has 10 heteroatoms. The van der Waals surface area contributed by atoms with Crippen LogP contribution in [0.1, 0.15) is 155 Å². The topological polar surface area (TPSA) is 112 Å². The number of ether oxygens (including phenoxy) is 2. The highest BCUT2D eigenvalue weighted by atomic mass is 31.2. The van der Waals surface area contributed by atoms with Gasteiger partial charge in [0.25, 0.3) is 0 Å². The van der Waals surface area contributed by atoms with Crippen molar-refractivity contribution in [1.82, 2.24) is 4.90 Å². The molecule has 9 nitrogen and oxygen atoms in total. The third-order valence-electron chi connectivity index (χ3n) is 8.69. The monoisotopic (exact) mass is 818 g/mol. The molecule has 326 valence electrons. The molecule has 0 saturated carbocycles. The first-order valence-electron chi connectivity index (χ1n) is 21.9. The molecule has 57 heavy (non-hydrogen) atoms. The lowest BCUT2D eigenvalue weighted by molar-refractivity contribution is -0.161. The van der Waals surface area contributed by atoms with Gasteiger partial charge in [-0.05, 0) is 97.6 Å². The lowest BCUT2D eigenvalue weighted by atomic mass is 10.1. The van der Waals surface area contributed by atoms with Crippen LogP contribution in [-0.2, 0) is 32.7 Å². The fraction of sp³-hybridized carbons (Fsp3) is 0.660. The van der Waals surface area contributed by atoms with Crippen LogP contribution in [0.3, 0.4) is 0 Å². The van der Waals surface area contributed by atoms with Crippen LogP contribution in [0, 0.1) is 0 Å². The highest BCUT2D eigenvalue weighted by Gasteiger charge is 2.26. The minimum Gasteiger partial charge on any atom is -0.462 e. The summed E-state index contributed by atoms with van der Waals surface area (Å²) in [5, 5.41) is 0. The standard InChI is InChI=1S/C47H80NO8P/c1-5-7-9-11-13-15-17-19-21-22-23-24-26-27-29-31-33-35-37-39-46(49)53-43-45(44-55-57(51,52)54-42-41-48(3)4)56-47(50)40-38-36-34-32-30-28-25-20-18-16-14-12-10-8-6-2/h13-16,19-21,23-25,27,29,33,35,45H,5-12,17-18,22,26,28,30-32,34,36-44H2,1-4H3,(H,51,52)/b15-13-,16-14-,21-19-,24-23-,25-20-,29-27-,35-33-. The minimum absolute atomic E-state index is 0.0109. The molecule has 0 aromatic heterocycles. The number of phosphoric acid groups is 1. The molecule has 0 bridgehead atoms. The van der Waals surface area contributed by atoms with Gasteiger partial charge >= 0.3 is 19.8 Å². The predicted octanol–water partition coefficient (Wildman–Crippen LogP) is 12.7. The van der Waals surface area contributed by atoms with Gasteiger partial charge in [0.05, 0.1) is 13.2 Å². The summed E-state index contributed by atoms with van der Waals surface area (Å²) in [6.07, 6.45) is 50.7. The van der Waals surface area contributed by atoms with Crippen LogP contribution in [-0.4, -0.2) is 68.3 Å². The largest absolute Gasteiger partial charge is 0.472 e. The van der Waals surface area contributed by atoms with Crippen molar-refractivity contribution in [2.75, 3.05) is 40.5 Å². The molecule has 0 amide bonds. The Morgan fingerprint density at radius 3 is 1.47 bits per heavy atom. The summed E-state index contributed by atoms with van der Waals surface area (Å²) in [4.78, 5) is 37.0. The number of carbonyl (C=O) groups excluding carboxylic acids is 2. The van der Waals surface area contributed by atoms with Crippen molar-refractivity contribution in [3.63, 3.8) is 0 Å². The molecule has 0 aliphatic carbocycles. The molecule has 0 saturated heterocycles. The van der Waals surface area contributed by atoms with Crippen LogP contribution in [0.25, 0.3) is 0 Å². The van der Waals surface area contributed by atoms with E-state index in [0.29, 0.717) is 19.4 Å². The molecule has 0 aromatic rings. The van der Waals surface area contributed by atoms with E-state index in [-0.39, 0.29) is 26.1 Å². The number of allylic oxidation sites excluding steroid dienone is 14. The molecule has 0 aliphatic heterocycles. The summed E-state index contributed by atoms with van der Waals surface area (Å²) < 4.78 is 33.4. The Kier molecular flexibility index (Phi) is 39.3. The van der Waals surface area contributed by atoms with Crippen molar-refractivity contribution in [2.45, 2.75) is 161 Å². The Morgan fingerprint density at radius 1 is 0.544 bits per heavy atom. The molecule has 0 radical (unpaired) electrons. The zero-order chi connectivity index (χ0) is 41.9. The molecule has 0 rings (SSSR count). The Bertz CT molecular complexity index is 1220. The Balaban J connectivity index is 4.45. The lowest BCUT2D eigenvalue weighted by Crippen LogP contribution is -2.29. The van der Waals surface area contributed by atoms with E-state index in [1.165, 1.54) is 51.4 Å². The highest BCUT2D eigenvalue weighted by molar-refractivity contribution is 7.47. The second-order valence-electron chi connectivity index (χ2n) is 14.5. The zero-order valence-corrected chi connectivity index (χ0v) is 37.1. The molecule has 2 atom stereocenters. The van der Waals surface area contributed by atoms with Crippen LogP contribution in [0.4, 0.5) is 0 Å². The van der Waals surface area contributed by atoms with E-state index in [0.717, 1.165) is 64.2 Å². The summed E-state index contributed by atoms with van der Waals surface area (Å²) >= 11 is 0. The molecule has 0 spiro atoms. The maximum atomic E-state index is 12.6. The Labute approximate surface area is 348 Å². The Hall–Kier alpha value is -2.81. The van der Waals surface area contributed by atoms with E-state index >= 15 is 0 Å². The molecule has 0 aliphatic rings. The first-order chi connectivity index (χ1) is 27.7. The number of carbonyl (C=O) groups is 2. The third kappa shape index (κ3) is 42.6. The van der Waals surface area contributed by atoms with E-state index in [2.05, 4.69) is 86.8 Å². The van der Waals surface area contributed by atoms with E-state index in [1.54, 1.807) is 4.90 Å². The lowest BCUT2D eigenvalue weighted by Gasteiger charge is -2.20. The van der Waals surface area contributed by atoms with Crippen molar-refractivity contribution in [1.29, 1.82) is 0 Å². The van der Waals surface area contributed by atoms with Gasteiger partial charge in [-0.25, -0.2) is 4.57 Å². The Morgan fingerprint density at radius 2 is 0.982 bits per heavy atom. The number of hydrogen-bond donors (Lipinski definition) is 1. The van der Waals surface area contributed by atoms with E-state index < -0.39 is 32.5 Å². The van der Waals surface area contributed by atoms with Crippen molar-refractivity contribution in [3.8, 4) is 0 Å². The van der Waals surface area contributed by atoms with E-state index in [1.807, 2.05) is 26.2 Å². The molecule has 0 heterocycles. The quantitative estimate of drug-likeness (QED) is 0.0280. The molecule has 1 N–H and O–H groups in total. The second kappa shape index (κ2) is 41.4. The number of rotatable bonds is 39. The number of nitrogens with zero attached hydrogens (tertiary/aromatic N) is 1. The van der Waals surface area contributed by atoms with Crippen LogP contribution in [0.5, 0.6) is 0 Å². The number of esters is 2. The van der Waals surface area contributed by atoms with Gasteiger partial charge in [-0.3, -0.25) is 18.6 Å². The first kappa shape index (κ1) is 54.2. The summed E-state index contributed by atoms with van der Waals surface area (Å²) in [6, 6.07) is 0. The number of likely N-dealkylation sites (N-methyl/N-ethyl adjacent to an activating group) is 1. The van der Waals surface area contributed by atoms with Gasteiger partial charge in [0.15, 0.2) is 6.10 Å². The van der Waals surface area contributed by atoms with E-state index in [9.17, 15) is 19.0 Å². The maximum absolute atomic E-state index is 12.6. The van der Waals surface area contributed by atoms with Gasteiger partial charge in [0.1, 0.15) is 6.61 Å². The smallest absolute Gasteiger partial charge is 0.462 e. The summed E-state index contributed by atoms with van der Waals surface area (Å²) in [5.41, 5.74) is 0. The SMILES string of the molecule is CCCCC/C=C\C/C=C\C/C=C\C/C=C\C/C=C\CCC(=O)OCC(COP(=O)(O)OCCN(C)C)OC(=O)CCCCCCC/C=C\C/C=C\CCCCC. The summed E-state index contributed by atoms with van der Waals surface area (Å²) in [7, 11) is -0.760. The van der Waals surface area contributed by atoms with Crippen LogP contribution < -0.4 is 0 Å². The fourth-order valence-corrected chi connectivity index (χ4v) is 6.03. The van der Waals surface area contributed by atoms with Gasteiger partial charge in [-0.1, -0.05) is 144 Å². The average Bonchev–Trinajstić information content (AvgIpc) is 3.18. The number of phosphoric ester groups is 1. The highest BCUT2D eigenvalue weighted by Crippen LogP contribution is 2.43. The second-order valence-corrected chi connectivity index (χ2v) is 16.0. The molecule has 0 aromatic carbocycles. The van der Waals surface area contributed by atoms with E-state index in [4.69, 9.17) is 18.5 Å². The third-order valence-corrected chi connectivity index (χ3v) is 9.67. The zero-order valence-electron chi connectivity index (χ0n) is 36.2.